The number of nitrogens with zero attached hydrogens (tertiary/aromatic N) is 1. The molecule has 0 aliphatic carbocycles. The molecule has 3 aromatic carbocycles. The molecule has 0 saturated carbocycles. The molecule has 9 heteroatoms. The third-order valence-corrected chi connectivity index (χ3v) is 8.65. The molecular weight excluding hydrogens is 492 g/mol. The summed E-state index contributed by atoms with van der Waals surface area (Å²) in [5.74, 6) is 0.0305. The van der Waals surface area contributed by atoms with E-state index in [-0.39, 0.29) is 16.6 Å². The van der Waals surface area contributed by atoms with Crippen LogP contribution in [0.25, 0.3) is 10.1 Å². The summed E-state index contributed by atoms with van der Waals surface area (Å²) in [5, 5.41) is 4.21. The number of amides is 1. The minimum atomic E-state index is -3.87. The van der Waals surface area contributed by atoms with E-state index in [1.165, 1.54) is 29.8 Å². The van der Waals surface area contributed by atoms with Crippen molar-refractivity contribution in [1.82, 2.24) is 0 Å². The number of carbonyl (C=O) groups is 1. The molecule has 1 amide bonds. The summed E-state index contributed by atoms with van der Waals surface area (Å²) in [7, 11) is -0.922. The molecule has 1 heterocycles. The Morgan fingerprint density at radius 1 is 1.03 bits per heavy atom. The highest BCUT2D eigenvalue weighted by Gasteiger charge is 2.26. The normalized spacial score (nSPS) is 11.4. The number of sulfonamides is 1. The Morgan fingerprint density at radius 3 is 2.53 bits per heavy atom. The van der Waals surface area contributed by atoms with Gasteiger partial charge in [0.1, 0.15) is 10.6 Å². The lowest BCUT2D eigenvalue weighted by Crippen LogP contribution is -2.27. The fourth-order valence-electron chi connectivity index (χ4n) is 3.52. The lowest BCUT2D eigenvalue weighted by atomic mass is 10.2. The Morgan fingerprint density at radius 2 is 1.79 bits per heavy atom. The van der Waals surface area contributed by atoms with Crippen LogP contribution in [0.2, 0.25) is 5.02 Å². The number of hydrogen-bond acceptors (Lipinski definition) is 5. The molecule has 0 aliphatic heterocycles. The van der Waals surface area contributed by atoms with Crippen LogP contribution < -0.4 is 14.4 Å². The molecule has 4 aromatic rings. The average Bonchev–Trinajstić information content (AvgIpc) is 3.24. The maximum Gasteiger partial charge on any atom is 0.267 e. The second-order valence-electron chi connectivity index (χ2n) is 7.87. The quantitative estimate of drug-likeness (QED) is 0.329. The van der Waals surface area contributed by atoms with Gasteiger partial charge in [0.15, 0.2) is 0 Å². The zero-order chi connectivity index (χ0) is 24.6. The summed E-state index contributed by atoms with van der Waals surface area (Å²) in [6.07, 6.45) is 0. The van der Waals surface area contributed by atoms with E-state index < -0.39 is 10.0 Å². The Hall–Kier alpha value is -3.07. The van der Waals surface area contributed by atoms with Crippen LogP contribution in [-0.4, -0.2) is 28.5 Å². The molecule has 0 aliphatic rings. The van der Waals surface area contributed by atoms with Crippen molar-refractivity contribution < 1.29 is 17.9 Å². The summed E-state index contributed by atoms with van der Waals surface area (Å²) in [6.45, 7) is 3.72. The fraction of sp³-hybridized carbons (Fsp3) is 0.160. The average molecular weight is 515 g/mol. The van der Waals surface area contributed by atoms with Crippen LogP contribution in [0.15, 0.2) is 65.6 Å². The number of hydrogen-bond donors (Lipinski definition) is 1. The number of carbonyl (C=O) groups excluding carboxylic acids is 1. The number of rotatable bonds is 6. The molecule has 1 aromatic heterocycles. The molecule has 4 rings (SSSR count). The van der Waals surface area contributed by atoms with Crippen LogP contribution in [0.1, 0.15) is 20.8 Å². The molecule has 34 heavy (non-hydrogen) atoms. The predicted molar refractivity (Wildman–Crippen MR) is 139 cm³/mol. The van der Waals surface area contributed by atoms with Gasteiger partial charge in [-0.3, -0.25) is 9.10 Å². The first-order valence-corrected chi connectivity index (χ1v) is 13.0. The van der Waals surface area contributed by atoms with Crippen molar-refractivity contribution in [2.24, 2.45) is 0 Å². The number of aryl methyl sites for hydroxylation is 2. The van der Waals surface area contributed by atoms with Gasteiger partial charge < -0.3 is 10.1 Å². The third-order valence-electron chi connectivity index (χ3n) is 5.49. The van der Waals surface area contributed by atoms with Gasteiger partial charge in [0, 0.05) is 22.5 Å². The molecule has 6 nitrogen and oxygen atoms in total. The molecule has 0 bridgehead atoms. The number of methoxy groups -OCH3 is 1. The minimum Gasteiger partial charge on any atom is -0.495 e. The van der Waals surface area contributed by atoms with Crippen LogP contribution >= 0.6 is 22.9 Å². The highest BCUT2D eigenvalue weighted by molar-refractivity contribution is 7.93. The standard InChI is InChI=1S/C25H23ClN2O4S2/c1-15-5-9-21(32-4)24(11-15)34(30,31)28(3)19-8-10-22-17(12-19)13-23(33-22)25(29)27-20-14-18(26)7-6-16(20)2/h5-14H,1-4H3,(H,27,29). The third kappa shape index (κ3) is 4.61. The van der Waals surface area contributed by atoms with Gasteiger partial charge in [-0.15, -0.1) is 11.3 Å². The molecule has 0 unspecified atom stereocenters. The van der Waals surface area contributed by atoms with E-state index in [1.54, 1.807) is 48.5 Å². The van der Waals surface area contributed by atoms with Crippen LogP contribution in [0.3, 0.4) is 0 Å². The van der Waals surface area contributed by atoms with E-state index in [1.807, 2.05) is 26.0 Å². The van der Waals surface area contributed by atoms with Crippen molar-refractivity contribution in [2.75, 3.05) is 23.8 Å². The highest BCUT2D eigenvalue weighted by atomic mass is 35.5. The van der Waals surface area contributed by atoms with Crippen LogP contribution in [0.4, 0.5) is 11.4 Å². The van der Waals surface area contributed by atoms with Crippen LogP contribution in [0, 0.1) is 13.8 Å². The van der Waals surface area contributed by atoms with Gasteiger partial charge in [0.25, 0.3) is 15.9 Å². The fourth-order valence-corrected chi connectivity index (χ4v) is 6.06. The number of benzene rings is 3. The Balaban J connectivity index is 1.65. The van der Waals surface area contributed by atoms with Gasteiger partial charge >= 0.3 is 0 Å². The molecule has 0 fully saturated rings. The van der Waals surface area contributed by atoms with Crippen molar-refractivity contribution in [3.05, 3.63) is 81.7 Å². The first-order chi connectivity index (χ1) is 16.1. The maximum absolute atomic E-state index is 13.4. The number of fused-ring (bicyclic) bond motifs is 1. The van der Waals surface area contributed by atoms with Crippen molar-refractivity contribution >= 4 is 60.3 Å². The minimum absolute atomic E-state index is 0.0971. The molecule has 0 spiro atoms. The van der Waals surface area contributed by atoms with Crippen molar-refractivity contribution in [2.45, 2.75) is 18.7 Å². The van der Waals surface area contributed by atoms with Gasteiger partial charge in [-0.25, -0.2) is 8.42 Å². The van der Waals surface area contributed by atoms with E-state index in [2.05, 4.69) is 5.32 Å². The topological polar surface area (TPSA) is 75.7 Å². The van der Waals surface area contributed by atoms with Gasteiger partial charge in [-0.2, -0.15) is 0 Å². The lowest BCUT2D eigenvalue weighted by Gasteiger charge is -2.21. The van der Waals surface area contributed by atoms with E-state index in [0.717, 1.165) is 21.2 Å². The first kappa shape index (κ1) is 24.1. The van der Waals surface area contributed by atoms with Gasteiger partial charge in [-0.05, 0) is 78.9 Å². The summed E-state index contributed by atoms with van der Waals surface area (Å²) < 4.78 is 34.1. The predicted octanol–water partition coefficient (Wildman–Crippen LogP) is 6.26. The largest absolute Gasteiger partial charge is 0.495 e. The lowest BCUT2D eigenvalue weighted by molar-refractivity contribution is 0.103. The summed E-state index contributed by atoms with van der Waals surface area (Å²) >= 11 is 7.39. The van der Waals surface area contributed by atoms with E-state index >= 15 is 0 Å². The summed E-state index contributed by atoms with van der Waals surface area (Å²) in [6, 6.07) is 17.4. The number of anilines is 2. The number of thiophene rings is 1. The monoisotopic (exact) mass is 514 g/mol. The van der Waals surface area contributed by atoms with Crippen LogP contribution in [-0.2, 0) is 10.0 Å². The second kappa shape index (κ2) is 9.29. The molecule has 1 N–H and O–H groups in total. The zero-order valence-electron chi connectivity index (χ0n) is 19.0. The van der Waals surface area contributed by atoms with Gasteiger partial charge in [-0.1, -0.05) is 23.7 Å². The van der Waals surface area contributed by atoms with Crippen molar-refractivity contribution in [3.63, 3.8) is 0 Å². The van der Waals surface area contributed by atoms with Crippen LogP contribution in [0.5, 0.6) is 5.75 Å². The van der Waals surface area contributed by atoms with Crippen molar-refractivity contribution in [1.29, 1.82) is 0 Å². The molecular formula is C25H23ClN2O4S2. The van der Waals surface area contributed by atoms with E-state index in [4.69, 9.17) is 16.3 Å². The Kier molecular flexibility index (Phi) is 6.58. The molecule has 0 saturated heterocycles. The van der Waals surface area contributed by atoms with Gasteiger partial charge in [0.05, 0.1) is 17.7 Å². The molecule has 0 radical (unpaired) electrons. The highest BCUT2D eigenvalue weighted by Crippen LogP contribution is 2.34. The second-order valence-corrected chi connectivity index (χ2v) is 11.3. The Labute approximate surface area is 207 Å². The van der Waals surface area contributed by atoms with Gasteiger partial charge in [0.2, 0.25) is 0 Å². The van der Waals surface area contributed by atoms with Crippen molar-refractivity contribution in [3.8, 4) is 5.75 Å². The first-order valence-electron chi connectivity index (χ1n) is 10.3. The smallest absolute Gasteiger partial charge is 0.267 e. The molecule has 176 valence electrons. The summed E-state index contributed by atoms with van der Waals surface area (Å²) in [4.78, 5) is 13.5. The Bertz CT molecular complexity index is 1510. The maximum atomic E-state index is 13.4. The SMILES string of the molecule is COc1ccc(C)cc1S(=O)(=O)N(C)c1ccc2sc(C(=O)Nc3cc(Cl)ccc3C)cc2c1. The van der Waals surface area contributed by atoms with E-state index in [9.17, 15) is 13.2 Å². The number of nitrogens with one attached hydrogen (secondary N) is 1. The number of halogens is 1. The van der Waals surface area contributed by atoms with E-state index in [0.29, 0.717) is 21.3 Å². The zero-order valence-corrected chi connectivity index (χ0v) is 21.4. The number of ether oxygens (including phenoxy) is 1. The summed E-state index contributed by atoms with van der Waals surface area (Å²) in [5.41, 5.74) is 2.84. The molecule has 0 atom stereocenters.